The van der Waals surface area contributed by atoms with E-state index in [1.54, 1.807) is 13.3 Å². The van der Waals surface area contributed by atoms with Crippen molar-refractivity contribution in [3.8, 4) is 10.7 Å². The van der Waals surface area contributed by atoms with Gasteiger partial charge in [-0.25, -0.2) is 4.98 Å². The highest BCUT2D eigenvalue weighted by molar-refractivity contribution is 7.17. The number of thiazole rings is 1. The Morgan fingerprint density at radius 1 is 1.45 bits per heavy atom. The second-order valence-corrected chi connectivity index (χ2v) is 5.25. The molecular weight excluding hydrogens is 274 g/mol. The number of hydrogen-bond donors (Lipinski definition) is 1. The smallest absolute Gasteiger partial charge is 0.263 e. The maximum atomic E-state index is 12.1. The van der Waals surface area contributed by atoms with E-state index >= 15 is 0 Å². The first kappa shape index (κ1) is 14.6. The third kappa shape index (κ3) is 3.61. The van der Waals surface area contributed by atoms with Crippen LogP contribution < -0.4 is 5.32 Å². The van der Waals surface area contributed by atoms with Crippen LogP contribution in [0.5, 0.6) is 0 Å². The number of rotatable bonds is 6. The van der Waals surface area contributed by atoms with E-state index in [-0.39, 0.29) is 5.91 Å². The third-order valence-electron chi connectivity index (χ3n) is 2.70. The number of carbonyl (C=O) groups excluding carboxylic acids is 1. The fourth-order valence-electron chi connectivity index (χ4n) is 1.70. The fourth-order valence-corrected chi connectivity index (χ4v) is 2.66. The Labute approximate surface area is 122 Å². The molecule has 2 rings (SSSR count). The van der Waals surface area contributed by atoms with Crippen molar-refractivity contribution in [3.05, 3.63) is 35.0 Å². The van der Waals surface area contributed by atoms with Crippen LogP contribution in [0.4, 0.5) is 0 Å². The van der Waals surface area contributed by atoms with E-state index in [0.29, 0.717) is 18.0 Å². The van der Waals surface area contributed by atoms with E-state index in [2.05, 4.69) is 15.3 Å². The summed E-state index contributed by atoms with van der Waals surface area (Å²) in [5.74, 6) is -0.0849. The van der Waals surface area contributed by atoms with Crippen LogP contribution in [-0.2, 0) is 4.74 Å². The zero-order chi connectivity index (χ0) is 14.4. The van der Waals surface area contributed by atoms with Crippen molar-refractivity contribution in [2.75, 3.05) is 20.3 Å². The van der Waals surface area contributed by atoms with Gasteiger partial charge in [0.1, 0.15) is 9.88 Å². The number of aryl methyl sites for hydroxylation is 1. The van der Waals surface area contributed by atoms with E-state index in [9.17, 15) is 4.79 Å². The van der Waals surface area contributed by atoms with Crippen LogP contribution >= 0.6 is 11.3 Å². The zero-order valence-electron chi connectivity index (χ0n) is 11.5. The second kappa shape index (κ2) is 7.12. The minimum absolute atomic E-state index is 0.0849. The summed E-state index contributed by atoms with van der Waals surface area (Å²) < 4.78 is 4.95. The highest BCUT2D eigenvalue weighted by atomic mass is 32.1. The summed E-state index contributed by atoms with van der Waals surface area (Å²) in [5, 5.41) is 3.64. The van der Waals surface area contributed by atoms with Gasteiger partial charge in [-0.05, 0) is 25.5 Å². The third-order valence-corrected chi connectivity index (χ3v) is 3.88. The summed E-state index contributed by atoms with van der Waals surface area (Å²) in [6, 6.07) is 5.65. The molecular formula is C14H17N3O2S. The number of methoxy groups -OCH3 is 1. The monoisotopic (exact) mass is 291 g/mol. The molecule has 0 saturated carbocycles. The molecule has 0 unspecified atom stereocenters. The Morgan fingerprint density at radius 3 is 3.00 bits per heavy atom. The minimum atomic E-state index is -0.0849. The molecule has 2 aromatic rings. The Kier molecular flexibility index (Phi) is 5.20. The molecule has 0 bridgehead atoms. The SMILES string of the molecule is COCCCNC(=O)c1sc(-c2ccccn2)nc1C. The molecule has 5 nitrogen and oxygen atoms in total. The topological polar surface area (TPSA) is 64.1 Å². The van der Waals surface area contributed by atoms with Crippen molar-refractivity contribution >= 4 is 17.2 Å². The Morgan fingerprint density at radius 2 is 2.30 bits per heavy atom. The fraction of sp³-hybridized carbons (Fsp3) is 0.357. The van der Waals surface area contributed by atoms with Crippen molar-refractivity contribution in [2.45, 2.75) is 13.3 Å². The number of amides is 1. The van der Waals surface area contributed by atoms with Gasteiger partial charge < -0.3 is 10.1 Å². The largest absolute Gasteiger partial charge is 0.385 e. The first-order chi connectivity index (χ1) is 9.72. The summed E-state index contributed by atoms with van der Waals surface area (Å²) in [6.45, 7) is 3.08. The van der Waals surface area contributed by atoms with Crippen LogP contribution in [0.25, 0.3) is 10.7 Å². The molecule has 0 fully saturated rings. The minimum Gasteiger partial charge on any atom is -0.385 e. The summed E-state index contributed by atoms with van der Waals surface area (Å²) in [6.07, 6.45) is 2.52. The van der Waals surface area contributed by atoms with Gasteiger partial charge in [0.2, 0.25) is 0 Å². The van der Waals surface area contributed by atoms with E-state index in [0.717, 1.165) is 22.8 Å². The number of nitrogens with zero attached hydrogens (tertiary/aromatic N) is 2. The zero-order valence-corrected chi connectivity index (χ0v) is 12.4. The Bertz CT molecular complexity index is 569. The molecule has 1 amide bonds. The number of ether oxygens (including phenoxy) is 1. The lowest BCUT2D eigenvalue weighted by Gasteiger charge is -2.02. The highest BCUT2D eigenvalue weighted by Crippen LogP contribution is 2.26. The van der Waals surface area contributed by atoms with Crippen molar-refractivity contribution < 1.29 is 9.53 Å². The molecule has 6 heteroatoms. The second-order valence-electron chi connectivity index (χ2n) is 4.25. The summed E-state index contributed by atoms with van der Waals surface area (Å²) >= 11 is 1.37. The van der Waals surface area contributed by atoms with E-state index in [1.165, 1.54) is 11.3 Å². The molecule has 0 spiro atoms. The van der Waals surface area contributed by atoms with Gasteiger partial charge in [0, 0.05) is 26.5 Å². The molecule has 0 saturated heterocycles. The number of nitrogens with one attached hydrogen (secondary N) is 1. The first-order valence-corrected chi connectivity index (χ1v) is 7.20. The van der Waals surface area contributed by atoms with Crippen LogP contribution in [-0.4, -0.2) is 36.1 Å². The molecule has 0 aliphatic carbocycles. The molecule has 20 heavy (non-hydrogen) atoms. The molecule has 0 radical (unpaired) electrons. The van der Waals surface area contributed by atoms with Gasteiger partial charge in [-0.3, -0.25) is 9.78 Å². The lowest BCUT2D eigenvalue weighted by molar-refractivity contribution is 0.0952. The maximum Gasteiger partial charge on any atom is 0.263 e. The van der Waals surface area contributed by atoms with Gasteiger partial charge in [0.05, 0.1) is 11.4 Å². The average molecular weight is 291 g/mol. The summed E-state index contributed by atoms with van der Waals surface area (Å²) in [4.78, 5) is 21.4. The maximum absolute atomic E-state index is 12.1. The average Bonchev–Trinajstić information content (AvgIpc) is 2.86. The normalized spacial score (nSPS) is 10.5. The van der Waals surface area contributed by atoms with Gasteiger partial charge in [-0.2, -0.15) is 0 Å². The van der Waals surface area contributed by atoms with Gasteiger partial charge in [0.15, 0.2) is 0 Å². The molecule has 2 aromatic heterocycles. The van der Waals surface area contributed by atoms with Crippen molar-refractivity contribution in [3.63, 3.8) is 0 Å². The van der Waals surface area contributed by atoms with E-state index < -0.39 is 0 Å². The van der Waals surface area contributed by atoms with Crippen molar-refractivity contribution in [2.24, 2.45) is 0 Å². The lowest BCUT2D eigenvalue weighted by atomic mass is 10.3. The van der Waals surface area contributed by atoms with Gasteiger partial charge in [-0.15, -0.1) is 11.3 Å². The van der Waals surface area contributed by atoms with Crippen molar-refractivity contribution in [1.29, 1.82) is 0 Å². The molecule has 1 N–H and O–H groups in total. The molecule has 2 heterocycles. The predicted molar refractivity (Wildman–Crippen MR) is 78.9 cm³/mol. The van der Waals surface area contributed by atoms with Crippen LogP contribution in [0.3, 0.4) is 0 Å². The number of aromatic nitrogens is 2. The Hall–Kier alpha value is -1.79. The van der Waals surface area contributed by atoms with Crippen molar-refractivity contribution in [1.82, 2.24) is 15.3 Å². The van der Waals surface area contributed by atoms with Crippen LogP contribution in [0.15, 0.2) is 24.4 Å². The number of carbonyl (C=O) groups is 1. The van der Waals surface area contributed by atoms with E-state index in [1.807, 2.05) is 25.1 Å². The molecule has 0 atom stereocenters. The van der Waals surface area contributed by atoms with Gasteiger partial charge in [0.25, 0.3) is 5.91 Å². The van der Waals surface area contributed by atoms with Gasteiger partial charge >= 0.3 is 0 Å². The molecule has 106 valence electrons. The quantitative estimate of drug-likeness (QED) is 0.829. The standard InChI is InChI=1S/C14H17N3O2S/c1-10-12(13(18)16-8-5-9-19-2)20-14(17-10)11-6-3-4-7-15-11/h3-4,6-7H,5,8-9H2,1-2H3,(H,16,18). The lowest BCUT2D eigenvalue weighted by Crippen LogP contribution is -2.24. The van der Waals surface area contributed by atoms with Crippen LogP contribution in [0, 0.1) is 6.92 Å². The number of hydrogen-bond acceptors (Lipinski definition) is 5. The summed E-state index contributed by atoms with van der Waals surface area (Å²) in [7, 11) is 1.65. The summed E-state index contributed by atoms with van der Waals surface area (Å²) in [5.41, 5.74) is 1.53. The molecule has 0 aliphatic rings. The van der Waals surface area contributed by atoms with Crippen LogP contribution in [0.1, 0.15) is 21.8 Å². The number of pyridine rings is 1. The highest BCUT2D eigenvalue weighted by Gasteiger charge is 2.16. The molecule has 0 aromatic carbocycles. The molecule has 0 aliphatic heterocycles. The van der Waals surface area contributed by atoms with Crippen LogP contribution in [0.2, 0.25) is 0 Å². The van der Waals surface area contributed by atoms with Gasteiger partial charge in [-0.1, -0.05) is 6.07 Å². The predicted octanol–water partition coefficient (Wildman–Crippen LogP) is 2.28. The Balaban J connectivity index is 2.06. The van der Waals surface area contributed by atoms with E-state index in [4.69, 9.17) is 4.74 Å². The first-order valence-electron chi connectivity index (χ1n) is 6.38.